The summed E-state index contributed by atoms with van der Waals surface area (Å²) >= 11 is 0. The standard InChI is InChI=1S/C11H19BN3O2/c1-10(2)7-4-8(10)11(3)9(5-7)16-12(17-11)6-14-15-13/h7-9,14H,4-6H2,1-3H3/q+1. The highest BCUT2D eigenvalue weighted by molar-refractivity contribution is 6.45. The predicted octanol–water partition coefficient (Wildman–Crippen LogP) is 1.61. The zero-order valence-corrected chi connectivity index (χ0v) is 10.6. The van der Waals surface area contributed by atoms with Crippen molar-refractivity contribution < 1.29 is 9.31 Å². The molecule has 0 aromatic carbocycles. The van der Waals surface area contributed by atoms with Crippen molar-refractivity contribution in [2.45, 2.75) is 45.3 Å². The summed E-state index contributed by atoms with van der Waals surface area (Å²) in [5.74, 6) is 1.35. The molecule has 1 aliphatic heterocycles. The quantitative estimate of drug-likeness (QED) is 0.449. The lowest BCUT2D eigenvalue weighted by Gasteiger charge is -2.64. The van der Waals surface area contributed by atoms with Gasteiger partial charge in [0.1, 0.15) is 6.44 Å². The molecule has 3 saturated carbocycles. The first-order chi connectivity index (χ1) is 7.98. The Hall–Kier alpha value is -0.795. The minimum atomic E-state index is -0.295. The van der Waals surface area contributed by atoms with Gasteiger partial charge in [-0.2, -0.15) is 0 Å². The number of rotatable bonds is 2. The molecule has 1 heterocycles. The molecule has 4 aliphatic rings. The molecule has 92 valence electrons. The van der Waals surface area contributed by atoms with Gasteiger partial charge in [0.15, 0.2) is 0 Å². The summed E-state index contributed by atoms with van der Waals surface area (Å²) < 4.78 is 12.0. The number of nitrogens with zero attached hydrogens (tertiary/aromatic N) is 2. The Morgan fingerprint density at radius 2 is 2.18 bits per heavy atom. The molecule has 0 aromatic rings. The average molecular weight is 236 g/mol. The molecule has 0 radical (unpaired) electrons. The fourth-order valence-corrected chi connectivity index (χ4v) is 4.15. The van der Waals surface area contributed by atoms with Gasteiger partial charge in [0, 0.05) is 0 Å². The molecule has 4 rings (SSSR count). The molecule has 0 amide bonds. The lowest BCUT2D eigenvalue weighted by Crippen LogP contribution is -2.65. The molecule has 6 heteroatoms. The van der Waals surface area contributed by atoms with Gasteiger partial charge in [-0.05, 0) is 42.4 Å². The maximum atomic E-state index is 8.40. The third-order valence-corrected chi connectivity index (χ3v) is 5.33. The third kappa shape index (κ3) is 1.36. The molecule has 4 atom stereocenters. The fraction of sp³-hybridized carbons (Fsp3) is 1.00. The lowest BCUT2D eigenvalue weighted by atomic mass is 9.43. The van der Waals surface area contributed by atoms with Gasteiger partial charge in [-0.1, -0.05) is 13.8 Å². The fourth-order valence-electron chi connectivity index (χ4n) is 4.15. The van der Waals surface area contributed by atoms with Gasteiger partial charge in [0.25, 0.3) is 5.39 Å². The Balaban J connectivity index is 1.76. The van der Waals surface area contributed by atoms with Crippen LogP contribution in [0.1, 0.15) is 33.6 Å². The van der Waals surface area contributed by atoms with Gasteiger partial charge in [-0.15, -0.1) is 0 Å². The number of hydrogen-bond acceptors (Lipinski definition) is 4. The Bertz CT molecular complexity index is 383. The van der Waals surface area contributed by atoms with Crippen LogP contribution in [0.15, 0.2) is 0 Å². The van der Waals surface area contributed by atoms with Crippen LogP contribution in [0, 0.1) is 22.6 Å². The highest BCUT2D eigenvalue weighted by atomic mass is 16.7. The molecule has 0 spiro atoms. The van der Waals surface area contributed by atoms with Crippen molar-refractivity contribution in [3.63, 3.8) is 0 Å². The molecule has 4 unspecified atom stereocenters. The van der Waals surface area contributed by atoms with Crippen LogP contribution in [-0.4, -0.2) is 25.3 Å². The van der Waals surface area contributed by atoms with Gasteiger partial charge >= 0.3 is 12.2 Å². The second kappa shape index (κ2) is 3.36. The number of diazo groups is 1. The Labute approximate surface area is 102 Å². The molecule has 1 N–H and O–H groups in total. The first-order valence-electron chi connectivity index (χ1n) is 6.38. The van der Waals surface area contributed by atoms with Gasteiger partial charge in [-0.3, -0.25) is 0 Å². The Morgan fingerprint density at radius 3 is 2.82 bits per heavy atom. The minimum Gasteiger partial charge on any atom is -0.404 e. The van der Waals surface area contributed by atoms with Crippen LogP contribution in [0.5, 0.6) is 0 Å². The van der Waals surface area contributed by atoms with E-state index in [0.29, 0.717) is 17.8 Å². The molecule has 1 saturated heterocycles. The van der Waals surface area contributed by atoms with Crippen molar-refractivity contribution in [1.29, 1.82) is 5.39 Å². The molecule has 2 bridgehead atoms. The summed E-state index contributed by atoms with van der Waals surface area (Å²) in [6.07, 6.45) is 2.95. The maximum absolute atomic E-state index is 8.40. The van der Waals surface area contributed by atoms with Crippen molar-refractivity contribution in [1.82, 2.24) is 5.43 Å². The van der Waals surface area contributed by atoms with Crippen LogP contribution in [0.25, 0.3) is 5.08 Å². The Morgan fingerprint density at radius 1 is 1.41 bits per heavy atom. The normalized spacial score (nSPS) is 45.8. The first kappa shape index (κ1) is 11.3. The maximum Gasteiger partial charge on any atom is 0.485 e. The largest absolute Gasteiger partial charge is 0.485 e. The van der Waals surface area contributed by atoms with E-state index in [1.54, 1.807) is 0 Å². The van der Waals surface area contributed by atoms with E-state index in [0.717, 1.165) is 12.3 Å². The van der Waals surface area contributed by atoms with E-state index in [2.05, 4.69) is 31.3 Å². The van der Waals surface area contributed by atoms with E-state index in [9.17, 15) is 0 Å². The summed E-state index contributed by atoms with van der Waals surface area (Å²) in [5.41, 5.74) is 2.70. The molecule has 3 aliphatic carbocycles. The average Bonchev–Trinajstić information content (AvgIpc) is 2.61. The van der Waals surface area contributed by atoms with Gasteiger partial charge in [0.05, 0.1) is 11.7 Å². The van der Waals surface area contributed by atoms with Crippen LogP contribution in [-0.2, 0) is 9.31 Å². The van der Waals surface area contributed by atoms with Crippen molar-refractivity contribution >= 4 is 7.12 Å². The van der Waals surface area contributed by atoms with Gasteiger partial charge in [-0.25, -0.2) is 0 Å². The van der Waals surface area contributed by atoms with Crippen LogP contribution in [0.2, 0.25) is 0 Å². The number of hydrogen-bond donors (Lipinski definition) is 1. The summed E-state index contributed by atoms with van der Waals surface area (Å²) in [7, 11) is -0.295. The molecular weight excluding hydrogens is 217 g/mol. The predicted molar refractivity (Wildman–Crippen MR) is 63.2 cm³/mol. The third-order valence-electron chi connectivity index (χ3n) is 5.33. The topological polar surface area (TPSA) is 58.6 Å². The van der Waals surface area contributed by atoms with Crippen molar-refractivity contribution in [2.24, 2.45) is 17.3 Å². The minimum absolute atomic E-state index is 0.167. The van der Waals surface area contributed by atoms with E-state index in [1.165, 1.54) is 6.42 Å². The van der Waals surface area contributed by atoms with E-state index in [-0.39, 0.29) is 18.8 Å². The van der Waals surface area contributed by atoms with Crippen molar-refractivity contribution in [3.05, 3.63) is 5.08 Å². The number of nitrogens with one attached hydrogen (secondary N) is 1. The molecule has 0 aromatic heterocycles. The summed E-state index contributed by atoms with van der Waals surface area (Å²) in [6.45, 7) is 6.85. The summed E-state index contributed by atoms with van der Waals surface area (Å²) in [5, 5.41) is 11.3. The van der Waals surface area contributed by atoms with Crippen LogP contribution >= 0.6 is 0 Å². The zero-order valence-electron chi connectivity index (χ0n) is 10.6. The molecule has 5 nitrogen and oxygen atoms in total. The first-order valence-corrected chi connectivity index (χ1v) is 6.38. The highest BCUT2D eigenvalue weighted by Crippen LogP contribution is 2.65. The van der Waals surface area contributed by atoms with Crippen molar-refractivity contribution in [3.8, 4) is 0 Å². The highest BCUT2D eigenvalue weighted by Gasteiger charge is 2.67. The van der Waals surface area contributed by atoms with Crippen LogP contribution < -0.4 is 5.43 Å². The van der Waals surface area contributed by atoms with Gasteiger partial charge in [0.2, 0.25) is 0 Å². The summed E-state index contributed by atoms with van der Waals surface area (Å²) in [4.78, 5) is 0. The SMILES string of the molecule is CC1(C)C2CC3OB(CN[N+]#N)OC3(C)C1C2. The smallest absolute Gasteiger partial charge is 0.404 e. The van der Waals surface area contributed by atoms with Crippen molar-refractivity contribution in [2.75, 3.05) is 6.44 Å². The second-order valence-corrected chi connectivity index (χ2v) is 6.36. The monoisotopic (exact) mass is 236 g/mol. The summed E-state index contributed by atoms with van der Waals surface area (Å²) in [6, 6.07) is 0. The zero-order chi connectivity index (χ0) is 12.3. The van der Waals surface area contributed by atoms with E-state index in [4.69, 9.17) is 14.7 Å². The second-order valence-electron chi connectivity index (χ2n) is 6.36. The van der Waals surface area contributed by atoms with Gasteiger partial charge < -0.3 is 9.31 Å². The van der Waals surface area contributed by atoms with E-state index < -0.39 is 0 Å². The Kier molecular flexibility index (Phi) is 2.24. The van der Waals surface area contributed by atoms with E-state index in [1.807, 2.05) is 0 Å². The van der Waals surface area contributed by atoms with E-state index >= 15 is 0 Å². The molecular formula is C11H19BN3O2+. The van der Waals surface area contributed by atoms with Crippen LogP contribution in [0.3, 0.4) is 0 Å². The molecule has 4 fully saturated rings. The molecule has 17 heavy (non-hydrogen) atoms. The van der Waals surface area contributed by atoms with Crippen LogP contribution in [0.4, 0.5) is 0 Å². The lowest BCUT2D eigenvalue weighted by molar-refractivity contribution is -0.199.